The van der Waals surface area contributed by atoms with Crippen LogP contribution in [0.4, 0.5) is 4.79 Å². The first-order valence-electron chi connectivity index (χ1n) is 4.43. The number of amides is 1. The third kappa shape index (κ3) is 6.13. The maximum absolute atomic E-state index is 11.3. The average Bonchev–Trinajstić information content (AvgIpc) is 2.01. The zero-order valence-electron chi connectivity index (χ0n) is 9.26. The standard InChI is InChI=1S/C11H17NO2/c1-6-7-8-9-12(5)10(13)14-11(2,3)4/h6H,1,7H2,2-5H3. The molecule has 0 spiro atoms. The van der Waals surface area contributed by atoms with Gasteiger partial charge in [-0.2, -0.15) is 0 Å². The molecule has 0 N–H and O–H groups in total. The zero-order valence-corrected chi connectivity index (χ0v) is 9.26. The molecule has 1 amide bonds. The number of carbonyl (C=O) groups is 1. The van der Waals surface area contributed by atoms with E-state index in [2.05, 4.69) is 18.5 Å². The fourth-order valence-corrected chi connectivity index (χ4v) is 0.612. The van der Waals surface area contributed by atoms with E-state index in [1.54, 1.807) is 13.1 Å². The average molecular weight is 195 g/mol. The van der Waals surface area contributed by atoms with Crippen LogP contribution in [0.1, 0.15) is 27.2 Å². The first-order chi connectivity index (χ1) is 6.37. The highest BCUT2D eigenvalue weighted by Gasteiger charge is 2.18. The Morgan fingerprint density at radius 3 is 2.57 bits per heavy atom. The number of allylic oxidation sites excluding steroid dienone is 1. The van der Waals surface area contributed by atoms with Crippen LogP contribution >= 0.6 is 0 Å². The molecule has 0 aromatic carbocycles. The Morgan fingerprint density at radius 2 is 2.14 bits per heavy atom. The van der Waals surface area contributed by atoms with Gasteiger partial charge in [0, 0.05) is 19.5 Å². The van der Waals surface area contributed by atoms with Gasteiger partial charge in [-0.15, -0.1) is 6.58 Å². The topological polar surface area (TPSA) is 29.5 Å². The third-order valence-corrected chi connectivity index (χ3v) is 1.16. The van der Waals surface area contributed by atoms with Gasteiger partial charge in [-0.3, -0.25) is 0 Å². The molecule has 0 aliphatic heterocycles. The number of carbonyl (C=O) groups excluding carboxylic acids is 1. The molecular formula is C11H17NO2. The molecule has 3 nitrogen and oxygen atoms in total. The van der Waals surface area contributed by atoms with E-state index in [0.717, 1.165) is 0 Å². The van der Waals surface area contributed by atoms with Crippen molar-refractivity contribution in [3.63, 3.8) is 0 Å². The van der Waals surface area contributed by atoms with Crippen molar-refractivity contribution in [2.24, 2.45) is 0 Å². The minimum atomic E-state index is -0.481. The summed E-state index contributed by atoms with van der Waals surface area (Å²) in [4.78, 5) is 12.6. The summed E-state index contributed by atoms with van der Waals surface area (Å²) in [5.41, 5.74) is -0.481. The van der Waals surface area contributed by atoms with Crippen LogP contribution in [-0.4, -0.2) is 23.6 Å². The molecule has 3 heteroatoms. The first kappa shape index (κ1) is 12.6. The van der Waals surface area contributed by atoms with Gasteiger partial charge in [0.2, 0.25) is 0 Å². The molecule has 0 fully saturated rings. The SMILES string of the molecule is C=CCC#CN(C)C(=O)OC(C)(C)C. The molecule has 0 heterocycles. The minimum Gasteiger partial charge on any atom is -0.443 e. The molecule has 0 aliphatic rings. The number of hydrogen-bond acceptors (Lipinski definition) is 2. The van der Waals surface area contributed by atoms with Crippen molar-refractivity contribution in [3.05, 3.63) is 12.7 Å². The van der Waals surface area contributed by atoms with Crippen molar-refractivity contribution in [3.8, 4) is 12.0 Å². The second kappa shape index (κ2) is 5.33. The zero-order chi connectivity index (χ0) is 11.2. The summed E-state index contributed by atoms with van der Waals surface area (Å²) in [5.74, 6) is 2.76. The van der Waals surface area contributed by atoms with Gasteiger partial charge >= 0.3 is 6.09 Å². The van der Waals surface area contributed by atoms with Gasteiger partial charge in [-0.1, -0.05) is 12.0 Å². The maximum atomic E-state index is 11.3. The molecule has 78 valence electrons. The molecule has 14 heavy (non-hydrogen) atoms. The Morgan fingerprint density at radius 1 is 1.57 bits per heavy atom. The lowest BCUT2D eigenvalue weighted by molar-refractivity contribution is 0.0387. The van der Waals surface area contributed by atoms with Gasteiger partial charge < -0.3 is 4.74 Å². The van der Waals surface area contributed by atoms with Crippen LogP contribution in [0.25, 0.3) is 0 Å². The van der Waals surface area contributed by atoms with E-state index in [1.807, 2.05) is 20.8 Å². The van der Waals surface area contributed by atoms with E-state index in [9.17, 15) is 4.79 Å². The van der Waals surface area contributed by atoms with Gasteiger partial charge in [-0.25, -0.2) is 9.69 Å². The lowest BCUT2D eigenvalue weighted by Crippen LogP contribution is -2.31. The predicted molar refractivity (Wildman–Crippen MR) is 56.6 cm³/mol. The van der Waals surface area contributed by atoms with Crippen LogP contribution in [-0.2, 0) is 4.74 Å². The van der Waals surface area contributed by atoms with Gasteiger partial charge in [0.05, 0.1) is 0 Å². The Bertz CT molecular complexity index is 265. The summed E-state index contributed by atoms with van der Waals surface area (Å²) < 4.78 is 5.09. The normalized spacial score (nSPS) is 9.71. The van der Waals surface area contributed by atoms with Crippen LogP contribution in [0.5, 0.6) is 0 Å². The quantitative estimate of drug-likeness (QED) is 0.365. The summed E-state index contributed by atoms with van der Waals surface area (Å²) in [6.45, 7) is 8.97. The van der Waals surface area contributed by atoms with Crippen LogP contribution in [0.15, 0.2) is 12.7 Å². The molecule has 0 radical (unpaired) electrons. The number of rotatable bonds is 1. The molecule has 0 saturated carbocycles. The third-order valence-electron chi connectivity index (χ3n) is 1.16. The second-order valence-electron chi connectivity index (χ2n) is 3.82. The monoisotopic (exact) mass is 195 g/mol. The number of hydrogen-bond donors (Lipinski definition) is 0. The lowest BCUT2D eigenvalue weighted by atomic mass is 10.2. The van der Waals surface area contributed by atoms with Crippen molar-refractivity contribution in [1.29, 1.82) is 0 Å². The van der Waals surface area contributed by atoms with Gasteiger partial charge in [-0.05, 0) is 20.8 Å². The summed E-state index contributed by atoms with van der Waals surface area (Å²) in [6.07, 6.45) is 1.80. The molecule has 0 aromatic heterocycles. The van der Waals surface area contributed by atoms with Crippen LogP contribution in [0, 0.1) is 12.0 Å². The summed E-state index contributed by atoms with van der Waals surface area (Å²) in [6, 6.07) is 2.64. The minimum absolute atomic E-state index is 0.436. The van der Waals surface area contributed by atoms with Crippen LogP contribution in [0.3, 0.4) is 0 Å². The Balaban J connectivity index is 4.15. The highest BCUT2D eigenvalue weighted by atomic mass is 16.6. The lowest BCUT2D eigenvalue weighted by Gasteiger charge is -2.21. The molecule has 0 unspecified atom stereocenters. The van der Waals surface area contributed by atoms with Crippen LogP contribution in [0.2, 0.25) is 0 Å². The number of ether oxygens (including phenoxy) is 1. The Labute approximate surface area is 85.7 Å². The predicted octanol–water partition coefficient (Wildman–Crippen LogP) is 2.39. The Hall–Kier alpha value is -1.43. The van der Waals surface area contributed by atoms with E-state index in [0.29, 0.717) is 6.42 Å². The van der Waals surface area contributed by atoms with Crippen molar-refractivity contribution in [2.75, 3.05) is 7.05 Å². The highest BCUT2D eigenvalue weighted by molar-refractivity contribution is 5.69. The van der Waals surface area contributed by atoms with E-state index in [4.69, 9.17) is 4.74 Å². The summed E-state index contributed by atoms with van der Waals surface area (Å²) in [5, 5.41) is 0. The molecule has 0 atom stereocenters. The molecule has 0 saturated heterocycles. The fourth-order valence-electron chi connectivity index (χ4n) is 0.612. The Kier molecular flexibility index (Phi) is 4.79. The number of nitrogens with zero attached hydrogens (tertiary/aromatic N) is 1. The van der Waals surface area contributed by atoms with Crippen molar-refractivity contribution in [2.45, 2.75) is 32.8 Å². The molecule has 0 bridgehead atoms. The van der Waals surface area contributed by atoms with Crippen LogP contribution < -0.4 is 0 Å². The molecule has 0 rings (SSSR count). The van der Waals surface area contributed by atoms with E-state index in [-0.39, 0.29) is 0 Å². The maximum Gasteiger partial charge on any atom is 0.421 e. The van der Waals surface area contributed by atoms with Gasteiger partial charge in [0.15, 0.2) is 0 Å². The molecule has 0 aromatic rings. The van der Waals surface area contributed by atoms with Gasteiger partial charge in [0.1, 0.15) is 5.60 Å². The second-order valence-corrected chi connectivity index (χ2v) is 3.82. The van der Waals surface area contributed by atoms with E-state index >= 15 is 0 Å². The van der Waals surface area contributed by atoms with E-state index in [1.165, 1.54) is 4.90 Å². The molecule has 0 aliphatic carbocycles. The smallest absolute Gasteiger partial charge is 0.421 e. The van der Waals surface area contributed by atoms with Gasteiger partial charge in [0.25, 0.3) is 0 Å². The van der Waals surface area contributed by atoms with Crippen molar-refractivity contribution < 1.29 is 9.53 Å². The fraction of sp³-hybridized carbons (Fsp3) is 0.545. The first-order valence-corrected chi connectivity index (χ1v) is 4.43. The largest absolute Gasteiger partial charge is 0.443 e. The summed E-state index contributed by atoms with van der Waals surface area (Å²) in [7, 11) is 1.57. The van der Waals surface area contributed by atoms with Crippen molar-refractivity contribution in [1.82, 2.24) is 4.90 Å². The summed E-state index contributed by atoms with van der Waals surface area (Å²) >= 11 is 0. The van der Waals surface area contributed by atoms with E-state index < -0.39 is 11.7 Å². The highest BCUT2D eigenvalue weighted by Crippen LogP contribution is 2.08. The van der Waals surface area contributed by atoms with Crippen molar-refractivity contribution >= 4 is 6.09 Å². The molecular weight excluding hydrogens is 178 g/mol.